The van der Waals surface area contributed by atoms with Gasteiger partial charge < -0.3 is 9.84 Å². The second-order valence-electron chi connectivity index (χ2n) is 7.42. The maximum atomic E-state index is 11.9. The minimum atomic E-state index is -0.346. The second kappa shape index (κ2) is 15.4. The van der Waals surface area contributed by atoms with E-state index in [0.29, 0.717) is 12.8 Å². The Morgan fingerprint density at radius 3 is 2.00 bits per heavy atom. The summed E-state index contributed by atoms with van der Waals surface area (Å²) in [5.41, 5.74) is 0. The fraction of sp³-hybridized carbons (Fsp3) is 0.905. The number of Topliss-reactive ketones (excluding diaryl/α,β-unsaturated/α-hetero) is 1. The van der Waals surface area contributed by atoms with Crippen LogP contribution in [0.25, 0.3) is 0 Å². The van der Waals surface area contributed by atoms with Crippen molar-refractivity contribution in [3.8, 4) is 0 Å². The summed E-state index contributed by atoms with van der Waals surface area (Å²) in [6.07, 6.45) is 11.3. The highest BCUT2D eigenvalue weighted by Gasteiger charge is 2.24. The SMILES string of the molecule is CCCCCCCCCC(C(C)=O)C(C)OC(=O)CCCCC(C)O. The molecule has 0 saturated heterocycles. The molecule has 0 fully saturated rings. The van der Waals surface area contributed by atoms with Gasteiger partial charge in [-0.2, -0.15) is 0 Å². The Hall–Kier alpha value is -0.900. The highest BCUT2D eigenvalue weighted by molar-refractivity contribution is 5.79. The summed E-state index contributed by atoms with van der Waals surface area (Å²) in [5, 5.41) is 9.21. The highest BCUT2D eigenvalue weighted by atomic mass is 16.5. The number of hydrogen-bond acceptors (Lipinski definition) is 4. The molecule has 1 N–H and O–H groups in total. The number of carbonyl (C=O) groups excluding carboxylic acids is 2. The zero-order valence-corrected chi connectivity index (χ0v) is 16.9. The Balaban J connectivity index is 4.00. The summed E-state index contributed by atoms with van der Waals surface area (Å²) in [7, 11) is 0. The third-order valence-corrected chi connectivity index (χ3v) is 4.78. The lowest BCUT2D eigenvalue weighted by molar-refractivity contribution is -0.152. The molecule has 0 aromatic heterocycles. The highest BCUT2D eigenvalue weighted by Crippen LogP contribution is 2.19. The first-order valence-corrected chi connectivity index (χ1v) is 10.3. The first kappa shape index (κ1) is 24.1. The first-order chi connectivity index (χ1) is 11.9. The van der Waals surface area contributed by atoms with Crippen molar-refractivity contribution in [2.45, 2.75) is 117 Å². The summed E-state index contributed by atoms with van der Waals surface area (Å²) in [6.45, 7) is 7.40. The molecule has 0 radical (unpaired) electrons. The molecular formula is C21H40O4. The van der Waals surface area contributed by atoms with Gasteiger partial charge in [-0.25, -0.2) is 0 Å². The molecule has 0 rings (SSSR count). The fourth-order valence-corrected chi connectivity index (χ4v) is 3.15. The number of aliphatic hydroxyl groups excluding tert-OH is 1. The van der Waals surface area contributed by atoms with Gasteiger partial charge in [0.25, 0.3) is 0 Å². The van der Waals surface area contributed by atoms with Crippen molar-refractivity contribution in [1.82, 2.24) is 0 Å². The van der Waals surface area contributed by atoms with Gasteiger partial charge in [0, 0.05) is 6.42 Å². The smallest absolute Gasteiger partial charge is 0.306 e. The van der Waals surface area contributed by atoms with Crippen LogP contribution in [0.15, 0.2) is 0 Å². The van der Waals surface area contributed by atoms with Crippen LogP contribution in [-0.2, 0) is 14.3 Å². The van der Waals surface area contributed by atoms with E-state index in [4.69, 9.17) is 4.74 Å². The Kier molecular flexibility index (Phi) is 14.8. The molecule has 3 unspecified atom stereocenters. The van der Waals surface area contributed by atoms with Gasteiger partial charge in [0.15, 0.2) is 0 Å². The van der Waals surface area contributed by atoms with E-state index in [0.717, 1.165) is 32.1 Å². The quantitative estimate of drug-likeness (QED) is 0.305. The number of ketones is 1. The van der Waals surface area contributed by atoms with Crippen LogP contribution in [0.5, 0.6) is 0 Å². The maximum Gasteiger partial charge on any atom is 0.306 e. The molecule has 25 heavy (non-hydrogen) atoms. The molecule has 0 aliphatic carbocycles. The molecule has 4 heteroatoms. The lowest BCUT2D eigenvalue weighted by atomic mass is 9.92. The van der Waals surface area contributed by atoms with E-state index in [-0.39, 0.29) is 29.9 Å². The monoisotopic (exact) mass is 356 g/mol. The van der Waals surface area contributed by atoms with Crippen molar-refractivity contribution in [3.05, 3.63) is 0 Å². The Bertz CT molecular complexity index is 352. The van der Waals surface area contributed by atoms with E-state index in [2.05, 4.69) is 6.92 Å². The number of ether oxygens (including phenoxy) is 1. The fourth-order valence-electron chi connectivity index (χ4n) is 3.15. The molecule has 0 aromatic rings. The predicted molar refractivity (Wildman–Crippen MR) is 102 cm³/mol. The van der Waals surface area contributed by atoms with Crippen LogP contribution in [0.4, 0.5) is 0 Å². The standard InChI is InChI=1S/C21H40O4/c1-5-6-7-8-9-10-11-15-20(18(3)23)19(4)25-21(24)16-13-12-14-17(2)22/h17,19-20,22H,5-16H2,1-4H3. The minimum Gasteiger partial charge on any atom is -0.462 e. The number of carbonyl (C=O) groups is 2. The molecule has 0 spiro atoms. The lowest BCUT2D eigenvalue weighted by Crippen LogP contribution is -2.29. The van der Waals surface area contributed by atoms with Crippen LogP contribution >= 0.6 is 0 Å². The van der Waals surface area contributed by atoms with Crippen LogP contribution < -0.4 is 0 Å². The number of aliphatic hydroxyl groups is 1. The number of hydrogen-bond donors (Lipinski definition) is 1. The molecule has 148 valence electrons. The van der Waals surface area contributed by atoms with Gasteiger partial charge in [-0.05, 0) is 40.0 Å². The minimum absolute atomic E-state index is 0.111. The number of unbranched alkanes of at least 4 members (excludes halogenated alkanes) is 7. The summed E-state index contributed by atoms with van der Waals surface area (Å²) < 4.78 is 5.47. The van der Waals surface area contributed by atoms with Gasteiger partial charge in [-0.15, -0.1) is 0 Å². The van der Waals surface area contributed by atoms with Gasteiger partial charge in [0.05, 0.1) is 12.0 Å². The van der Waals surface area contributed by atoms with Gasteiger partial charge >= 0.3 is 5.97 Å². The summed E-state index contributed by atoms with van der Waals surface area (Å²) in [5.74, 6) is -0.304. The van der Waals surface area contributed by atoms with Crippen LogP contribution in [0, 0.1) is 5.92 Å². The Labute approximate surface area is 154 Å². The van der Waals surface area contributed by atoms with Crippen LogP contribution in [0.1, 0.15) is 105 Å². The van der Waals surface area contributed by atoms with Crippen molar-refractivity contribution in [2.24, 2.45) is 5.92 Å². The van der Waals surface area contributed by atoms with E-state index in [1.807, 2.05) is 6.92 Å². The zero-order chi connectivity index (χ0) is 19.1. The van der Waals surface area contributed by atoms with E-state index in [9.17, 15) is 14.7 Å². The van der Waals surface area contributed by atoms with Crippen LogP contribution in [0.2, 0.25) is 0 Å². The van der Waals surface area contributed by atoms with Crippen LogP contribution in [-0.4, -0.2) is 29.1 Å². The van der Waals surface area contributed by atoms with Gasteiger partial charge in [0.2, 0.25) is 0 Å². The molecule has 0 aromatic carbocycles. The van der Waals surface area contributed by atoms with Crippen molar-refractivity contribution in [1.29, 1.82) is 0 Å². The zero-order valence-electron chi connectivity index (χ0n) is 16.9. The maximum absolute atomic E-state index is 11.9. The number of esters is 1. The molecule has 0 saturated carbocycles. The summed E-state index contributed by atoms with van der Waals surface area (Å²) in [4.78, 5) is 23.8. The molecular weight excluding hydrogens is 316 g/mol. The Morgan fingerprint density at radius 1 is 0.880 bits per heavy atom. The van der Waals surface area contributed by atoms with E-state index in [1.54, 1.807) is 13.8 Å². The van der Waals surface area contributed by atoms with Crippen molar-refractivity contribution < 1.29 is 19.4 Å². The summed E-state index contributed by atoms with van der Waals surface area (Å²) >= 11 is 0. The molecule has 0 bridgehead atoms. The third-order valence-electron chi connectivity index (χ3n) is 4.78. The molecule has 4 nitrogen and oxygen atoms in total. The average Bonchev–Trinajstić information content (AvgIpc) is 2.53. The van der Waals surface area contributed by atoms with E-state index >= 15 is 0 Å². The second-order valence-corrected chi connectivity index (χ2v) is 7.42. The van der Waals surface area contributed by atoms with Gasteiger partial charge in [-0.1, -0.05) is 58.3 Å². The molecule has 0 amide bonds. The van der Waals surface area contributed by atoms with E-state index in [1.165, 1.54) is 32.1 Å². The van der Waals surface area contributed by atoms with Gasteiger partial charge in [0.1, 0.15) is 11.9 Å². The lowest BCUT2D eigenvalue weighted by Gasteiger charge is -2.22. The average molecular weight is 357 g/mol. The van der Waals surface area contributed by atoms with Crippen molar-refractivity contribution >= 4 is 11.8 Å². The topological polar surface area (TPSA) is 63.6 Å². The molecule has 3 atom stereocenters. The number of rotatable bonds is 16. The molecule has 0 aliphatic heterocycles. The molecule has 0 aliphatic rings. The van der Waals surface area contributed by atoms with Crippen LogP contribution in [0.3, 0.4) is 0 Å². The predicted octanol–water partition coefficient (Wildman–Crippen LogP) is 5.21. The third kappa shape index (κ3) is 14.0. The van der Waals surface area contributed by atoms with Gasteiger partial charge in [-0.3, -0.25) is 9.59 Å². The largest absolute Gasteiger partial charge is 0.462 e. The van der Waals surface area contributed by atoms with Crippen molar-refractivity contribution in [3.63, 3.8) is 0 Å². The first-order valence-electron chi connectivity index (χ1n) is 10.3. The molecule has 0 heterocycles. The summed E-state index contributed by atoms with van der Waals surface area (Å²) in [6, 6.07) is 0. The Morgan fingerprint density at radius 2 is 1.44 bits per heavy atom. The van der Waals surface area contributed by atoms with Crippen molar-refractivity contribution in [2.75, 3.05) is 0 Å². The van der Waals surface area contributed by atoms with E-state index < -0.39 is 0 Å². The normalized spacial score (nSPS) is 14.8.